The Morgan fingerprint density at radius 1 is 1.64 bits per heavy atom. The smallest absolute Gasteiger partial charge is 0.330 e. The van der Waals surface area contributed by atoms with Crippen LogP contribution >= 0.6 is 0 Å². The van der Waals surface area contributed by atoms with Crippen LogP contribution in [0.25, 0.3) is 10.4 Å². The van der Waals surface area contributed by atoms with E-state index in [1.807, 2.05) is 10.9 Å². The molecule has 2 heterocycles. The molecule has 0 bridgehead atoms. The number of nitrogens with one attached hydrogen (secondary N) is 1. The molecule has 1 fully saturated rings. The van der Waals surface area contributed by atoms with Gasteiger partial charge in [0.05, 0.1) is 6.61 Å². The molecule has 1 aliphatic rings. The minimum absolute atomic E-state index is 0.701. The maximum Gasteiger partial charge on any atom is 0.330 e. The summed E-state index contributed by atoms with van der Waals surface area (Å²) in [5.74, 6) is 1.86. The monoisotopic (exact) mass is 309 g/mol. The Labute approximate surface area is 122 Å². The van der Waals surface area contributed by atoms with Crippen LogP contribution in [0.1, 0.15) is 6.23 Å². The third-order valence-electron chi connectivity index (χ3n) is 3.31. The number of hydrogen-bond acceptors (Lipinski definition) is 7. The lowest BCUT2D eigenvalue weighted by atomic mass is 9.92. The molecule has 1 aliphatic heterocycles. The van der Waals surface area contributed by atoms with Crippen molar-refractivity contribution < 1.29 is 20.1 Å². The number of aliphatic hydroxyl groups is 3. The third kappa shape index (κ3) is 2.08. The average molecular weight is 309 g/mol. The van der Waals surface area contributed by atoms with Gasteiger partial charge in [-0.1, -0.05) is 11.0 Å². The van der Waals surface area contributed by atoms with Crippen molar-refractivity contribution in [2.24, 2.45) is 5.11 Å². The second kappa shape index (κ2) is 5.30. The van der Waals surface area contributed by atoms with Crippen LogP contribution in [-0.4, -0.2) is 48.9 Å². The standard InChI is InChI=1S/C11H11N5O6/c1-2-10(21)7(19)11(5-17,14-15-12)22-8(10)16-4-3-6(18)13-9(16)20/h1,3-4,7-8,17,19,21H,5H2,(H,13,18,20)/t7-,8+,10+,11?/m0/s1. The largest absolute Gasteiger partial charge is 0.393 e. The number of H-pyrrole nitrogens is 1. The zero-order chi connectivity index (χ0) is 16.5. The van der Waals surface area contributed by atoms with Crippen LogP contribution < -0.4 is 11.2 Å². The first-order valence-electron chi connectivity index (χ1n) is 5.89. The van der Waals surface area contributed by atoms with Crippen LogP contribution in [0.2, 0.25) is 0 Å². The number of nitrogens with zero attached hydrogens (tertiary/aromatic N) is 4. The molecule has 1 saturated heterocycles. The number of azide groups is 1. The Hall–Kier alpha value is -2.61. The predicted molar refractivity (Wildman–Crippen MR) is 70.2 cm³/mol. The topological polar surface area (TPSA) is 174 Å². The summed E-state index contributed by atoms with van der Waals surface area (Å²) in [6.07, 6.45) is 2.45. The lowest BCUT2D eigenvalue weighted by Crippen LogP contribution is -2.51. The fourth-order valence-corrected chi connectivity index (χ4v) is 2.17. The van der Waals surface area contributed by atoms with Gasteiger partial charge in [-0.3, -0.25) is 14.3 Å². The van der Waals surface area contributed by atoms with Crippen molar-refractivity contribution in [3.8, 4) is 12.3 Å². The van der Waals surface area contributed by atoms with E-state index >= 15 is 0 Å². The van der Waals surface area contributed by atoms with Gasteiger partial charge in [-0.2, -0.15) is 0 Å². The molecule has 116 valence electrons. The highest BCUT2D eigenvalue weighted by Crippen LogP contribution is 2.44. The number of terminal acetylenes is 1. The molecule has 1 aromatic rings. The minimum atomic E-state index is -2.49. The zero-order valence-electron chi connectivity index (χ0n) is 10.9. The van der Waals surface area contributed by atoms with Crippen LogP contribution in [-0.2, 0) is 4.74 Å². The SMILES string of the molecule is C#C[C@@]1(O)[C@H](O)C(CO)(N=[N+]=[N-])O[C@H]1n1ccc(=O)[nH]c1=O. The van der Waals surface area contributed by atoms with E-state index in [2.05, 4.69) is 10.0 Å². The summed E-state index contributed by atoms with van der Waals surface area (Å²) in [7, 11) is 0. The maximum absolute atomic E-state index is 11.8. The average Bonchev–Trinajstić information content (AvgIpc) is 2.71. The lowest BCUT2D eigenvalue weighted by Gasteiger charge is -2.27. The van der Waals surface area contributed by atoms with Crippen molar-refractivity contribution in [1.82, 2.24) is 9.55 Å². The highest BCUT2D eigenvalue weighted by atomic mass is 16.6. The van der Waals surface area contributed by atoms with E-state index in [4.69, 9.17) is 16.7 Å². The molecule has 0 aromatic carbocycles. The Kier molecular flexibility index (Phi) is 3.80. The molecule has 1 aromatic heterocycles. The highest BCUT2D eigenvalue weighted by Gasteiger charge is 2.63. The first-order valence-corrected chi connectivity index (χ1v) is 5.89. The van der Waals surface area contributed by atoms with Gasteiger partial charge in [-0.15, -0.1) is 6.42 Å². The van der Waals surface area contributed by atoms with Crippen LogP contribution in [0.5, 0.6) is 0 Å². The van der Waals surface area contributed by atoms with Crippen molar-refractivity contribution in [2.75, 3.05) is 6.61 Å². The molecule has 1 unspecified atom stereocenters. The molecule has 11 nitrogen and oxygen atoms in total. The summed E-state index contributed by atoms with van der Waals surface area (Å²) < 4.78 is 5.90. The fraction of sp³-hybridized carbons (Fsp3) is 0.455. The molecule has 4 atom stereocenters. The molecular weight excluding hydrogens is 298 g/mol. The Balaban J connectivity index is 2.66. The minimum Gasteiger partial charge on any atom is -0.393 e. The quantitative estimate of drug-likeness (QED) is 0.213. The van der Waals surface area contributed by atoms with Crippen LogP contribution in [0, 0.1) is 12.3 Å². The number of aliphatic hydroxyl groups excluding tert-OH is 2. The molecule has 0 radical (unpaired) electrons. The molecule has 0 aliphatic carbocycles. The van der Waals surface area contributed by atoms with Crippen LogP contribution in [0.15, 0.2) is 27.0 Å². The zero-order valence-corrected chi connectivity index (χ0v) is 10.9. The van der Waals surface area contributed by atoms with Crippen LogP contribution in [0.4, 0.5) is 0 Å². The van der Waals surface area contributed by atoms with Crippen molar-refractivity contribution in [3.05, 3.63) is 43.5 Å². The van der Waals surface area contributed by atoms with Gasteiger partial charge < -0.3 is 20.1 Å². The first kappa shape index (κ1) is 15.8. The summed E-state index contributed by atoms with van der Waals surface area (Å²) in [6.45, 7) is -1.00. The van der Waals surface area contributed by atoms with E-state index in [-0.39, 0.29) is 0 Å². The highest BCUT2D eigenvalue weighted by molar-refractivity contribution is 5.22. The number of aromatic amines is 1. The third-order valence-corrected chi connectivity index (χ3v) is 3.31. The number of aromatic nitrogens is 2. The number of rotatable bonds is 3. The van der Waals surface area contributed by atoms with Gasteiger partial charge in [0.25, 0.3) is 5.56 Å². The van der Waals surface area contributed by atoms with Crippen molar-refractivity contribution in [3.63, 3.8) is 0 Å². The molecule has 0 amide bonds. The Morgan fingerprint density at radius 2 is 2.32 bits per heavy atom. The molecule has 0 saturated carbocycles. The molecule has 11 heteroatoms. The van der Waals surface area contributed by atoms with Gasteiger partial charge in [0.15, 0.2) is 11.8 Å². The molecule has 4 N–H and O–H groups in total. The van der Waals surface area contributed by atoms with Gasteiger partial charge in [-0.05, 0) is 5.53 Å². The van der Waals surface area contributed by atoms with Crippen molar-refractivity contribution >= 4 is 0 Å². The maximum atomic E-state index is 11.8. The lowest BCUT2D eigenvalue weighted by molar-refractivity contribution is -0.126. The summed E-state index contributed by atoms with van der Waals surface area (Å²) >= 11 is 0. The fourth-order valence-electron chi connectivity index (χ4n) is 2.17. The van der Waals surface area contributed by atoms with E-state index in [9.17, 15) is 24.9 Å². The van der Waals surface area contributed by atoms with E-state index in [1.54, 1.807) is 0 Å². The summed E-state index contributed by atoms with van der Waals surface area (Å²) in [5.41, 5.74) is 2.09. The molecular formula is C11H11N5O6. The molecule has 0 spiro atoms. The van der Waals surface area contributed by atoms with Crippen molar-refractivity contribution in [1.29, 1.82) is 0 Å². The van der Waals surface area contributed by atoms with Gasteiger partial charge in [-0.25, -0.2) is 4.79 Å². The predicted octanol–water partition coefficient (Wildman–Crippen LogP) is -2.21. The molecule has 2 rings (SSSR count). The second-order valence-corrected chi connectivity index (χ2v) is 4.55. The second-order valence-electron chi connectivity index (χ2n) is 4.55. The Morgan fingerprint density at radius 3 is 2.82 bits per heavy atom. The van der Waals surface area contributed by atoms with Gasteiger partial charge >= 0.3 is 5.69 Å². The van der Waals surface area contributed by atoms with Gasteiger partial charge in [0.2, 0.25) is 5.72 Å². The van der Waals surface area contributed by atoms with E-state index in [0.717, 1.165) is 12.3 Å². The molecule has 22 heavy (non-hydrogen) atoms. The first-order chi connectivity index (χ1) is 10.3. The van der Waals surface area contributed by atoms with E-state index < -0.39 is 41.5 Å². The Bertz CT molecular complexity index is 789. The normalized spacial score (nSPS) is 33.9. The van der Waals surface area contributed by atoms with E-state index in [1.165, 1.54) is 0 Å². The van der Waals surface area contributed by atoms with Gasteiger partial charge in [0.1, 0.15) is 6.10 Å². The number of hydrogen-bond donors (Lipinski definition) is 4. The number of ether oxygens (including phenoxy) is 1. The van der Waals surface area contributed by atoms with Crippen LogP contribution in [0.3, 0.4) is 0 Å². The van der Waals surface area contributed by atoms with Gasteiger partial charge in [0, 0.05) is 17.2 Å². The summed E-state index contributed by atoms with van der Waals surface area (Å²) in [5, 5.41) is 33.0. The summed E-state index contributed by atoms with van der Waals surface area (Å²) in [4.78, 5) is 27.2. The summed E-state index contributed by atoms with van der Waals surface area (Å²) in [6, 6.07) is 0.959. The van der Waals surface area contributed by atoms with E-state index in [0.29, 0.717) is 4.57 Å². The van der Waals surface area contributed by atoms with Crippen molar-refractivity contribution in [2.45, 2.75) is 23.7 Å².